The number of anilines is 2. The Bertz CT molecular complexity index is 955. The minimum Gasteiger partial charge on any atom is -0.325 e. The van der Waals surface area contributed by atoms with Crippen LogP contribution in [0.1, 0.15) is 12.8 Å². The highest BCUT2D eigenvalue weighted by molar-refractivity contribution is 7.92. The van der Waals surface area contributed by atoms with E-state index in [0.717, 1.165) is 28.8 Å². The van der Waals surface area contributed by atoms with Gasteiger partial charge in [-0.25, -0.2) is 17.2 Å². The maximum Gasteiger partial charge on any atom is 0.232 e. The molecule has 0 heterocycles. The van der Waals surface area contributed by atoms with Crippen molar-refractivity contribution in [1.29, 1.82) is 0 Å². The molecule has 0 bridgehead atoms. The molecule has 0 fully saturated rings. The predicted octanol–water partition coefficient (Wildman–Crippen LogP) is 4.46. The molecule has 5 nitrogen and oxygen atoms in total. The van der Waals surface area contributed by atoms with Crippen molar-refractivity contribution >= 4 is 50.5 Å². The first-order valence-corrected chi connectivity index (χ1v) is 10.4. The van der Waals surface area contributed by atoms with Crippen LogP contribution in [0.5, 0.6) is 0 Å². The van der Waals surface area contributed by atoms with Crippen molar-refractivity contribution in [2.24, 2.45) is 0 Å². The van der Waals surface area contributed by atoms with Crippen LogP contribution in [0.25, 0.3) is 0 Å². The summed E-state index contributed by atoms with van der Waals surface area (Å²) in [7, 11) is -3.74. The van der Waals surface area contributed by atoms with Crippen LogP contribution in [0, 0.1) is 11.6 Å². The maximum absolute atomic E-state index is 13.4. The van der Waals surface area contributed by atoms with E-state index in [4.69, 9.17) is 23.2 Å². The molecule has 0 saturated carbocycles. The molecule has 0 aliphatic carbocycles. The topological polar surface area (TPSA) is 66.5 Å². The lowest BCUT2D eigenvalue weighted by molar-refractivity contribution is -0.116. The maximum atomic E-state index is 13.4. The summed E-state index contributed by atoms with van der Waals surface area (Å²) in [5, 5.41) is 3.08. The van der Waals surface area contributed by atoms with Gasteiger partial charge in [0.1, 0.15) is 0 Å². The van der Waals surface area contributed by atoms with E-state index in [2.05, 4.69) is 5.32 Å². The fourth-order valence-corrected chi connectivity index (χ4v) is 3.63. The van der Waals surface area contributed by atoms with Crippen molar-refractivity contribution in [3.63, 3.8) is 0 Å². The van der Waals surface area contributed by atoms with Gasteiger partial charge in [-0.3, -0.25) is 9.10 Å². The Morgan fingerprint density at radius 1 is 1.15 bits per heavy atom. The van der Waals surface area contributed by atoms with E-state index in [0.29, 0.717) is 5.69 Å². The minimum absolute atomic E-state index is 0.0153. The van der Waals surface area contributed by atoms with Gasteiger partial charge in [-0.15, -0.1) is 0 Å². The Morgan fingerprint density at radius 2 is 1.85 bits per heavy atom. The van der Waals surface area contributed by atoms with E-state index < -0.39 is 27.6 Å². The second-order valence-electron chi connectivity index (χ2n) is 5.69. The second-order valence-corrected chi connectivity index (χ2v) is 8.38. The first-order chi connectivity index (χ1) is 12.6. The molecule has 0 radical (unpaired) electrons. The third-order valence-electron chi connectivity index (χ3n) is 3.58. The molecule has 0 atom stereocenters. The lowest BCUT2D eigenvalue weighted by Gasteiger charge is -2.22. The summed E-state index contributed by atoms with van der Waals surface area (Å²) in [5.74, 6) is -2.63. The average molecular weight is 437 g/mol. The monoisotopic (exact) mass is 436 g/mol. The number of benzene rings is 2. The van der Waals surface area contributed by atoms with E-state index in [1.807, 2.05) is 0 Å². The van der Waals surface area contributed by atoms with Crippen molar-refractivity contribution in [2.45, 2.75) is 12.8 Å². The summed E-state index contributed by atoms with van der Waals surface area (Å²) in [6, 6.07) is 7.57. The summed E-state index contributed by atoms with van der Waals surface area (Å²) >= 11 is 11.9. The molecule has 0 aliphatic rings. The molecule has 0 aromatic heterocycles. The third-order valence-corrected chi connectivity index (χ3v) is 5.60. The summed E-state index contributed by atoms with van der Waals surface area (Å²) in [4.78, 5) is 12.1. The lowest BCUT2D eigenvalue weighted by atomic mass is 10.2. The van der Waals surface area contributed by atoms with E-state index in [1.165, 1.54) is 0 Å². The minimum atomic E-state index is -3.74. The van der Waals surface area contributed by atoms with Gasteiger partial charge in [0, 0.05) is 19.0 Å². The summed E-state index contributed by atoms with van der Waals surface area (Å²) in [6.07, 6.45) is 1.08. The van der Waals surface area contributed by atoms with E-state index in [9.17, 15) is 22.0 Å². The van der Waals surface area contributed by atoms with Crippen LogP contribution in [0.3, 0.4) is 0 Å². The Labute approximate surface area is 165 Å². The zero-order chi connectivity index (χ0) is 20.2. The molecule has 2 aromatic rings. The second kappa shape index (κ2) is 8.86. The van der Waals surface area contributed by atoms with Gasteiger partial charge in [-0.05, 0) is 30.7 Å². The number of sulfonamides is 1. The van der Waals surface area contributed by atoms with E-state index >= 15 is 0 Å². The molecular weight excluding hydrogens is 421 g/mol. The summed E-state index contributed by atoms with van der Waals surface area (Å²) in [5.41, 5.74) is 0.324. The van der Waals surface area contributed by atoms with Gasteiger partial charge in [0.15, 0.2) is 11.6 Å². The van der Waals surface area contributed by atoms with Crippen molar-refractivity contribution < 1.29 is 22.0 Å². The van der Waals surface area contributed by atoms with Crippen LogP contribution in [0.15, 0.2) is 36.4 Å². The van der Waals surface area contributed by atoms with E-state index in [-0.39, 0.29) is 35.1 Å². The molecule has 1 N–H and O–H groups in total. The van der Waals surface area contributed by atoms with Gasteiger partial charge in [0.25, 0.3) is 0 Å². The van der Waals surface area contributed by atoms with Gasteiger partial charge in [0.2, 0.25) is 15.9 Å². The van der Waals surface area contributed by atoms with Crippen molar-refractivity contribution in [1.82, 2.24) is 0 Å². The number of nitrogens with one attached hydrogen (secondary N) is 1. The molecule has 0 aliphatic heterocycles. The molecule has 2 aromatic carbocycles. The molecule has 0 spiro atoms. The number of hydrogen-bond donors (Lipinski definition) is 1. The lowest BCUT2D eigenvalue weighted by Crippen LogP contribution is -2.31. The molecule has 1 amide bonds. The first-order valence-electron chi connectivity index (χ1n) is 7.76. The first kappa shape index (κ1) is 21.4. The van der Waals surface area contributed by atoms with Crippen LogP contribution < -0.4 is 9.62 Å². The zero-order valence-corrected chi connectivity index (χ0v) is 16.5. The van der Waals surface area contributed by atoms with Crippen LogP contribution in [0.4, 0.5) is 20.2 Å². The van der Waals surface area contributed by atoms with Crippen molar-refractivity contribution in [2.75, 3.05) is 22.4 Å². The van der Waals surface area contributed by atoms with E-state index in [1.54, 1.807) is 18.2 Å². The predicted molar refractivity (Wildman–Crippen MR) is 103 cm³/mol. The molecule has 146 valence electrons. The van der Waals surface area contributed by atoms with Crippen LogP contribution in [0.2, 0.25) is 10.0 Å². The molecule has 0 saturated heterocycles. The highest BCUT2D eigenvalue weighted by Gasteiger charge is 2.19. The SMILES string of the molecule is CS(=O)(=O)N(CCCC(=O)Nc1cccc(Cl)c1Cl)c1ccc(F)c(F)c1. The Kier molecular flexibility index (Phi) is 7.02. The normalized spacial score (nSPS) is 11.3. The standard InChI is InChI=1S/C17H16Cl2F2N2O3S/c1-27(25,26)23(11-7-8-13(20)14(21)10-11)9-3-6-16(24)22-15-5-2-4-12(18)17(15)19/h2,4-5,7-8,10H,3,6,9H2,1H3,(H,22,24). The van der Waals surface area contributed by atoms with Crippen molar-refractivity contribution in [3.05, 3.63) is 58.1 Å². The fourth-order valence-electron chi connectivity index (χ4n) is 2.32. The molecule has 2 rings (SSSR count). The Hall–Kier alpha value is -1.90. The van der Waals surface area contributed by atoms with Crippen LogP contribution in [-0.2, 0) is 14.8 Å². The van der Waals surface area contributed by atoms with Gasteiger partial charge in [0.05, 0.1) is 27.7 Å². The van der Waals surface area contributed by atoms with Crippen molar-refractivity contribution in [3.8, 4) is 0 Å². The Morgan fingerprint density at radius 3 is 2.48 bits per heavy atom. The molecule has 27 heavy (non-hydrogen) atoms. The van der Waals surface area contributed by atoms with Crippen LogP contribution >= 0.6 is 23.2 Å². The zero-order valence-electron chi connectivity index (χ0n) is 14.2. The van der Waals surface area contributed by atoms with Gasteiger partial charge >= 0.3 is 0 Å². The quantitative estimate of drug-likeness (QED) is 0.696. The number of halogens is 4. The Balaban J connectivity index is 2.02. The number of rotatable bonds is 7. The summed E-state index contributed by atoms with van der Waals surface area (Å²) in [6.45, 7) is -0.0827. The van der Waals surface area contributed by atoms with Crippen LogP contribution in [-0.4, -0.2) is 27.1 Å². The highest BCUT2D eigenvalue weighted by atomic mass is 35.5. The molecule has 10 heteroatoms. The van der Waals surface area contributed by atoms with Gasteiger partial charge in [-0.1, -0.05) is 29.3 Å². The number of amides is 1. The molecule has 0 unspecified atom stereocenters. The molecular formula is C17H16Cl2F2N2O3S. The fraction of sp³-hybridized carbons (Fsp3) is 0.235. The number of carbonyl (C=O) groups excluding carboxylic acids is 1. The third kappa shape index (κ3) is 5.79. The number of hydrogen-bond acceptors (Lipinski definition) is 3. The number of carbonyl (C=O) groups is 1. The average Bonchev–Trinajstić information content (AvgIpc) is 2.57. The van der Waals surface area contributed by atoms with Gasteiger partial charge < -0.3 is 5.32 Å². The smallest absolute Gasteiger partial charge is 0.232 e. The highest BCUT2D eigenvalue weighted by Crippen LogP contribution is 2.29. The number of nitrogens with zero attached hydrogens (tertiary/aromatic N) is 1. The largest absolute Gasteiger partial charge is 0.325 e. The summed E-state index contributed by atoms with van der Waals surface area (Å²) < 4.78 is 51.3. The van der Waals surface area contributed by atoms with Gasteiger partial charge in [-0.2, -0.15) is 0 Å².